The first-order chi connectivity index (χ1) is 40.5. The molecule has 0 radical (unpaired) electrons. The number of esters is 3. The second-order valence-corrected chi connectivity index (χ2v) is 23.4. The van der Waals surface area contributed by atoms with Crippen LogP contribution in [-0.4, -0.2) is 37.2 Å². The second kappa shape index (κ2) is 69.8. The summed E-state index contributed by atoms with van der Waals surface area (Å²) in [4.78, 5) is 38.5. The van der Waals surface area contributed by atoms with Crippen molar-refractivity contribution in [1.82, 2.24) is 0 Å². The van der Waals surface area contributed by atoms with Crippen LogP contribution in [0.15, 0.2) is 97.2 Å². The number of allylic oxidation sites excluding steroid dienone is 16. The third-order valence-electron chi connectivity index (χ3n) is 15.3. The maximum absolute atomic E-state index is 13.0. The number of ether oxygens (including phenoxy) is 3. The zero-order chi connectivity index (χ0) is 59.2. The zero-order valence-corrected chi connectivity index (χ0v) is 54.2. The molecular formula is C76H132O6. The molecule has 0 aliphatic carbocycles. The highest BCUT2D eigenvalue weighted by atomic mass is 16.6. The van der Waals surface area contributed by atoms with E-state index in [9.17, 15) is 14.4 Å². The van der Waals surface area contributed by atoms with Gasteiger partial charge in [-0.05, 0) is 122 Å². The predicted octanol–water partition coefficient (Wildman–Crippen LogP) is 24.4. The van der Waals surface area contributed by atoms with Crippen LogP contribution in [0.2, 0.25) is 0 Å². The predicted molar refractivity (Wildman–Crippen MR) is 357 cm³/mol. The molecule has 0 aliphatic rings. The van der Waals surface area contributed by atoms with Gasteiger partial charge in [0.2, 0.25) is 0 Å². The van der Waals surface area contributed by atoms with E-state index in [0.29, 0.717) is 19.3 Å². The number of carbonyl (C=O) groups excluding carboxylic acids is 3. The van der Waals surface area contributed by atoms with Crippen molar-refractivity contribution in [3.05, 3.63) is 97.2 Å². The van der Waals surface area contributed by atoms with Gasteiger partial charge in [0, 0.05) is 19.3 Å². The lowest BCUT2D eigenvalue weighted by Crippen LogP contribution is -2.30. The molecule has 0 aromatic heterocycles. The van der Waals surface area contributed by atoms with Crippen molar-refractivity contribution in [3.8, 4) is 0 Å². The van der Waals surface area contributed by atoms with Crippen LogP contribution in [0, 0.1) is 0 Å². The van der Waals surface area contributed by atoms with Gasteiger partial charge in [-0.3, -0.25) is 14.4 Å². The van der Waals surface area contributed by atoms with Crippen LogP contribution < -0.4 is 0 Å². The first-order valence-electron chi connectivity index (χ1n) is 35.2. The van der Waals surface area contributed by atoms with Crippen molar-refractivity contribution in [2.24, 2.45) is 0 Å². The van der Waals surface area contributed by atoms with E-state index in [1.54, 1.807) is 0 Å². The average Bonchev–Trinajstić information content (AvgIpc) is 3.47. The van der Waals surface area contributed by atoms with E-state index in [-0.39, 0.29) is 31.1 Å². The summed E-state index contributed by atoms with van der Waals surface area (Å²) in [6.45, 7) is 6.55. The van der Waals surface area contributed by atoms with Gasteiger partial charge in [-0.15, -0.1) is 0 Å². The van der Waals surface area contributed by atoms with Crippen molar-refractivity contribution < 1.29 is 28.6 Å². The molecule has 0 bridgehead atoms. The molecule has 6 nitrogen and oxygen atoms in total. The zero-order valence-electron chi connectivity index (χ0n) is 54.2. The minimum atomic E-state index is -0.788. The van der Waals surface area contributed by atoms with Crippen LogP contribution in [-0.2, 0) is 28.6 Å². The average molecular weight is 1140 g/mol. The summed E-state index contributed by atoms with van der Waals surface area (Å²) < 4.78 is 17.0. The van der Waals surface area contributed by atoms with Gasteiger partial charge >= 0.3 is 17.9 Å². The molecule has 0 amide bonds. The summed E-state index contributed by atoms with van der Waals surface area (Å²) in [6, 6.07) is 0. The fraction of sp³-hybridized carbons (Fsp3) is 0.750. The Hall–Kier alpha value is -3.67. The highest BCUT2D eigenvalue weighted by molar-refractivity contribution is 5.71. The first kappa shape index (κ1) is 78.3. The van der Waals surface area contributed by atoms with Crippen molar-refractivity contribution >= 4 is 17.9 Å². The Morgan fingerprint density at radius 1 is 0.256 bits per heavy atom. The molecule has 1 unspecified atom stereocenters. The molecule has 0 saturated heterocycles. The molecule has 0 saturated carbocycles. The lowest BCUT2D eigenvalue weighted by Gasteiger charge is -2.18. The first-order valence-corrected chi connectivity index (χ1v) is 35.2. The number of carbonyl (C=O) groups is 3. The van der Waals surface area contributed by atoms with E-state index in [2.05, 4.69) is 118 Å². The summed E-state index contributed by atoms with van der Waals surface area (Å²) in [5, 5.41) is 0. The molecule has 0 heterocycles. The molecule has 472 valence electrons. The summed E-state index contributed by atoms with van der Waals surface area (Å²) in [7, 11) is 0. The van der Waals surface area contributed by atoms with Gasteiger partial charge in [-0.25, -0.2) is 0 Å². The van der Waals surface area contributed by atoms with E-state index >= 15 is 0 Å². The van der Waals surface area contributed by atoms with Crippen molar-refractivity contribution in [2.75, 3.05) is 13.2 Å². The third kappa shape index (κ3) is 67.1. The number of hydrogen-bond acceptors (Lipinski definition) is 6. The molecule has 0 aromatic carbocycles. The Kier molecular flexibility index (Phi) is 66.7. The van der Waals surface area contributed by atoms with Crippen LogP contribution in [0.1, 0.15) is 348 Å². The Bertz CT molecular complexity index is 1590. The van der Waals surface area contributed by atoms with Gasteiger partial charge in [-0.1, -0.05) is 304 Å². The third-order valence-corrected chi connectivity index (χ3v) is 15.3. The molecule has 0 spiro atoms. The Morgan fingerprint density at radius 3 is 0.756 bits per heavy atom. The molecule has 1 atom stereocenters. The topological polar surface area (TPSA) is 78.9 Å². The van der Waals surface area contributed by atoms with Crippen molar-refractivity contribution in [2.45, 2.75) is 354 Å². The largest absolute Gasteiger partial charge is 0.462 e. The molecule has 0 aliphatic heterocycles. The Labute approximate surface area is 508 Å². The number of hydrogen-bond donors (Lipinski definition) is 0. The van der Waals surface area contributed by atoms with E-state index in [1.807, 2.05) is 0 Å². The fourth-order valence-electron chi connectivity index (χ4n) is 10.0. The summed E-state index contributed by atoms with van der Waals surface area (Å²) in [5.74, 6) is -0.886. The SMILES string of the molecule is CC/C=C\C/C=C\C/C=C\C/C=C\C/C=C\C/C=C\CCCCCCCCCCC(=O)OCC(COC(=O)CCCCCCC/C=C\CCCCCCCCC)OC(=O)CCCCCCCCCCC/C=C\CCCCCCCCCC. The smallest absolute Gasteiger partial charge is 0.306 e. The van der Waals surface area contributed by atoms with Crippen LogP contribution in [0.3, 0.4) is 0 Å². The molecule has 6 heteroatoms. The lowest BCUT2D eigenvalue weighted by molar-refractivity contribution is -0.167. The number of rotatable bonds is 64. The highest BCUT2D eigenvalue weighted by Gasteiger charge is 2.19. The van der Waals surface area contributed by atoms with E-state index in [1.165, 1.54) is 199 Å². The minimum absolute atomic E-state index is 0.0833. The van der Waals surface area contributed by atoms with Crippen molar-refractivity contribution in [1.29, 1.82) is 0 Å². The second-order valence-electron chi connectivity index (χ2n) is 23.4. The quantitative estimate of drug-likeness (QED) is 0.0261. The molecule has 0 rings (SSSR count). The van der Waals surface area contributed by atoms with Crippen LogP contribution in [0.5, 0.6) is 0 Å². The van der Waals surface area contributed by atoms with Crippen LogP contribution in [0.25, 0.3) is 0 Å². The maximum Gasteiger partial charge on any atom is 0.306 e. The van der Waals surface area contributed by atoms with Gasteiger partial charge in [0.1, 0.15) is 13.2 Å². The fourth-order valence-corrected chi connectivity index (χ4v) is 10.0. The summed E-state index contributed by atoms with van der Waals surface area (Å²) in [6.07, 6.45) is 94.2. The van der Waals surface area contributed by atoms with E-state index < -0.39 is 6.10 Å². The van der Waals surface area contributed by atoms with Gasteiger partial charge in [0.25, 0.3) is 0 Å². The molecular weight excluding hydrogens is 1010 g/mol. The van der Waals surface area contributed by atoms with Gasteiger partial charge < -0.3 is 14.2 Å². The summed E-state index contributed by atoms with van der Waals surface area (Å²) >= 11 is 0. The van der Waals surface area contributed by atoms with E-state index in [4.69, 9.17) is 14.2 Å². The van der Waals surface area contributed by atoms with E-state index in [0.717, 1.165) is 109 Å². The standard InChI is InChI=1S/C76H132O6/c1-4-7-10-13-16-19-22-25-28-31-33-35-36-37-38-39-40-42-43-45-48-51-54-57-60-63-66-69-75(78)81-72-73(71-80-74(77)68-65-62-59-56-53-50-47-30-27-24-21-18-15-12-9-6-3)82-76(79)70-67-64-61-58-55-52-49-46-44-41-34-32-29-26-23-20-17-14-11-8-5-2/h7,10,16,19,25,28,30,32-35,37-38,40,42,47,73H,4-6,8-9,11-15,17-18,20-24,26-27,29,31,36,39,41,43-46,48-72H2,1-3H3/b10-7-,19-16-,28-25-,34-32-,35-33-,38-37-,42-40-,47-30-. The highest BCUT2D eigenvalue weighted by Crippen LogP contribution is 2.17. The normalized spacial score (nSPS) is 12.7. The van der Waals surface area contributed by atoms with Crippen LogP contribution >= 0.6 is 0 Å². The maximum atomic E-state index is 13.0. The summed E-state index contributed by atoms with van der Waals surface area (Å²) in [5.41, 5.74) is 0. The van der Waals surface area contributed by atoms with Gasteiger partial charge in [0.05, 0.1) is 0 Å². The lowest BCUT2D eigenvalue weighted by atomic mass is 10.1. The number of unbranched alkanes of at least 4 members (excludes halogenated alkanes) is 37. The Morgan fingerprint density at radius 2 is 0.476 bits per heavy atom. The molecule has 0 N–H and O–H groups in total. The van der Waals surface area contributed by atoms with Crippen LogP contribution in [0.4, 0.5) is 0 Å². The van der Waals surface area contributed by atoms with Crippen molar-refractivity contribution in [3.63, 3.8) is 0 Å². The molecule has 0 fully saturated rings. The Balaban J connectivity index is 4.37. The minimum Gasteiger partial charge on any atom is -0.462 e. The molecule has 0 aromatic rings. The monoisotopic (exact) mass is 1140 g/mol. The molecule has 82 heavy (non-hydrogen) atoms. The van der Waals surface area contributed by atoms with Gasteiger partial charge in [-0.2, -0.15) is 0 Å². The van der Waals surface area contributed by atoms with Gasteiger partial charge in [0.15, 0.2) is 6.10 Å².